The number of hydrogen-bond donors (Lipinski definition) is 1. The molecule has 0 saturated carbocycles. The van der Waals surface area contributed by atoms with Gasteiger partial charge in [0.25, 0.3) is 0 Å². The summed E-state index contributed by atoms with van der Waals surface area (Å²) in [6.45, 7) is 5.63. The van der Waals surface area contributed by atoms with Crippen LogP contribution in [0.3, 0.4) is 0 Å². The third kappa shape index (κ3) is 4.76. The average molecular weight is 296 g/mol. The summed E-state index contributed by atoms with van der Waals surface area (Å²) in [5.41, 5.74) is 0.929. The monoisotopic (exact) mass is 295 g/mol. The summed E-state index contributed by atoms with van der Waals surface area (Å²) in [7, 11) is 0. The van der Waals surface area contributed by atoms with Crippen LogP contribution in [-0.4, -0.2) is 29.6 Å². The highest BCUT2D eigenvalue weighted by atomic mass is 35.5. The van der Waals surface area contributed by atoms with Gasteiger partial charge in [-0.3, -0.25) is 0 Å². The zero-order valence-electron chi connectivity index (χ0n) is 12.4. The van der Waals surface area contributed by atoms with Gasteiger partial charge in [-0.05, 0) is 62.4 Å². The second-order valence-electron chi connectivity index (χ2n) is 5.91. The van der Waals surface area contributed by atoms with Crippen molar-refractivity contribution in [3.8, 4) is 0 Å². The maximum atomic E-state index is 10.3. The molecule has 1 heterocycles. The summed E-state index contributed by atoms with van der Waals surface area (Å²) in [6.07, 6.45) is 5.66. The van der Waals surface area contributed by atoms with Crippen LogP contribution in [0.4, 0.5) is 0 Å². The van der Waals surface area contributed by atoms with E-state index in [0.29, 0.717) is 5.02 Å². The van der Waals surface area contributed by atoms with Crippen molar-refractivity contribution in [2.24, 2.45) is 5.92 Å². The molecule has 0 spiro atoms. The van der Waals surface area contributed by atoms with Crippen LogP contribution < -0.4 is 0 Å². The molecule has 2 rings (SSSR count). The van der Waals surface area contributed by atoms with Gasteiger partial charge in [-0.2, -0.15) is 0 Å². The van der Waals surface area contributed by atoms with Crippen LogP contribution in [0.15, 0.2) is 24.3 Å². The Labute approximate surface area is 127 Å². The zero-order valence-corrected chi connectivity index (χ0v) is 13.1. The van der Waals surface area contributed by atoms with E-state index in [-0.39, 0.29) is 0 Å². The van der Waals surface area contributed by atoms with Crippen LogP contribution >= 0.6 is 11.6 Å². The van der Waals surface area contributed by atoms with E-state index < -0.39 is 6.10 Å². The minimum Gasteiger partial charge on any atom is -0.388 e. The van der Waals surface area contributed by atoms with Gasteiger partial charge in [0.1, 0.15) is 0 Å². The lowest BCUT2D eigenvalue weighted by atomic mass is 9.98. The summed E-state index contributed by atoms with van der Waals surface area (Å²) < 4.78 is 0. The van der Waals surface area contributed by atoms with Gasteiger partial charge in [-0.15, -0.1) is 0 Å². The number of aliphatic hydroxyl groups is 1. The quantitative estimate of drug-likeness (QED) is 0.876. The van der Waals surface area contributed by atoms with Crippen LogP contribution in [-0.2, 0) is 0 Å². The number of benzene rings is 1. The van der Waals surface area contributed by atoms with E-state index in [1.807, 2.05) is 24.3 Å². The minimum absolute atomic E-state index is 0.404. The fraction of sp³-hybridized carbons (Fsp3) is 0.647. The summed E-state index contributed by atoms with van der Waals surface area (Å²) in [6, 6.07) is 7.56. The van der Waals surface area contributed by atoms with Gasteiger partial charge in [0.05, 0.1) is 6.10 Å². The maximum Gasteiger partial charge on any atom is 0.0802 e. The Balaban J connectivity index is 1.79. The van der Waals surface area contributed by atoms with Crippen molar-refractivity contribution in [3.05, 3.63) is 34.9 Å². The van der Waals surface area contributed by atoms with Crippen LogP contribution in [0.5, 0.6) is 0 Å². The molecule has 2 nitrogen and oxygen atoms in total. The first-order valence-corrected chi connectivity index (χ1v) is 8.22. The van der Waals surface area contributed by atoms with Gasteiger partial charge in [0.2, 0.25) is 0 Å². The normalized spacial score (nSPS) is 22.4. The molecule has 1 aliphatic rings. The number of halogens is 1. The van der Waals surface area contributed by atoms with Crippen molar-refractivity contribution in [1.29, 1.82) is 0 Å². The molecule has 3 heteroatoms. The third-order valence-electron chi connectivity index (χ3n) is 4.47. The van der Waals surface area contributed by atoms with Crippen LogP contribution in [0.2, 0.25) is 5.02 Å². The molecule has 1 aromatic rings. The second kappa shape index (κ2) is 8.02. The molecule has 2 atom stereocenters. The molecule has 0 aromatic heterocycles. The second-order valence-corrected chi connectivity index (χ2v) is 6.34. The van der Waals surface area contributed by atoms with Crippen LogP contribution in [0, 0.1) is 5.92 Å². The Kier molecular flexibility index (Phi) is 6.34. The molecule has 20 heavy (non-hydrogen) atoms. The van der Waals surface area contributed by atoms with Crippen LogP contribution in [0.1, 0.15) is 50.7 Å². The molecule has 112 valence electrons. The van der Waals surface area contributed by atoms with Gasteiger partial charge >= 0.3 is 0 Å². The number of likely N-dealkylation sites (tertiary alicyclic amines) is 1. The predicted octanol–water partition coefficient (Wildman–Crippen LogP) is 4.28. The van der Waals surface area contributed by atoms with Crippen LogP contribution in [0.25, 0.3) is 0 Å². The van der Waals surface area contributed by atoms with E-state index in [0.717, 1.165) is 24.4 Å². The zero-order chi connectivity index (χ0) is 14.4. The molecule has 0 aliphatic carbocycles. The first-order chi connectivity index (χ1) is 9.69. The first kappa shape index (κ1) is 15.8. The molecule has 1 aliphatic heterocycles. The largest absolute Gasteiger partial charge is 0.388 e. The summed E-state index contributed by atoms with van der Waals surface area (Å²) >= 11 is 5.97. The summed E-state index contributed by atoms with van der Waals surface area (Å²) in [5, 5.41) is 11.0. The number of nitrogens with zero attached hydrogens (tertiary/aromatic N) is 1. The maximum absolute atomic E-state index is 10.3. The minimum atomic E-state index is -0.404. The van der Waals surface area contributed by atoms with Crippen molar-refractivity contribution in [1.82, 2.24) is 4.90 Å². The topological polar surface area (TPSA) is 23.5 Å². The fourth-order valence-electron chi connectivity index (χ4n) is 3.04. The van der Waals surface area contributed by atoms with Gasteiger partial charge in [0, 0.05) is 11.6 Å². The van der Waals surface area contributed by atoms with Crippen molar-refractivity contribution in [3.63, 3.8) is 0 Å². The molecule has 1 N–H and O–H groups in total. The van der Waals surface area contributed by atoms with Gasteiger partial charge < -0.3 is 10.0 Å². The van der Waals surface area contributed by atoms with E-state index in [1.165, 1.54) is 38.8 Å². The number of rotatable bonds is 5. The van der Waals surface area contributed by atoms with Crippen molar-refractivity contribution < 1.29 is 5.11 Å². The molecule has 1 saturated heterocycles. The molecule has 0 radical (unpaired) electrons. The lowest BCUT2D eigenvalue weighted by Crippen LogP contribution is -2.27. The molecule has 0 amide bonds. The SMILES string of the molecule is CCC1CCCN(CCC(O)c2cccc(Cl)c2)CC1. The average Bonchev–Trinajstić information content (AvgIpc) is 2.69. The van der Waals surface area contributed by atoms with Crippen molar-refractivity contribution in [2.45, 2.75) is 45.1 Å². The van der Waals surface area contributed by atoms with Gasteiger partial charge in [0.15, 0.2) is 0 Å². The van der Waals surface area contributed by atoms with E-state index in [4.69, 9.17) is 11.6 Å². The highest BCUT2D eigenvalue weighted by Gasteiger charge is 2.17. The van der Waals surface area contributed by atoms with Crippen molar-refractivity contribution in [2.75, 3.05) is 19.6 Å². The van der Waals surface area contributed by atoms with E-state index >= 15 is 0 Å². The highest BCUT2D eigenvalue weighted by Crippen LogP contribution is 2.23. The lowest BCUT2D eigenvalue weighted by molar-refractivity contribution is 0.142. The summed E-state index contributed by atoms with van der Waals surface area (Å²) in [4.78, 5) is 2.50. The smallest absolute Gasteiger partial charge is 0.0802 e. The lowest BCUT2D eigenvalue weighted by Gasteiger charge is -2.22. The van der Waals surface area contributed by atoms with Crippen molar-refractivity contribution >= 4 is 11.6 Å². The Morgan fingerprint density at radius 1 is 1.35 bits per heavy atom. The molecule has 2 unspecified atom stereocenters. The summed E-state index contributed by atoms with van der Waals surface area (Å²) in [5.74, 6) is 0.901. The Hall–Kier alpha value is -0.570. The molecule has 0 bridgehead atoms. The first-order valence-electron chi connectivity index (χ1n) is 7.85. The molecule has 1 aromatic carbocycles. The molecular formula is C17H26ClNO. The van der Waals surface area contributed by atoms with E-state index in [1.54, 1.807) is 0 Å². The Morgan fingerprint density at radius 2 is 2.20 bits per heavy atom. The third-order valence-corrected chi connectivity index (χ3v) is 4.70. The molecule has 1 fully saturated rings. The Morgan fingerprint density at radius 3 is 2.95 bits per heavy atom. The standard InChI is InChI=1S/C17H26ClNO/c1-2-14-5-4-10-19(11-8-14)12-9-17(20)15-6-3-7-16(18)13-15/h3,6-7,13-14,17,20H,2,4-5,8-12H2,1H3. The highest BCUT2D eigenvalue weighted by molar-refractivity contribution is 6.30. The number of hydrogen-bond acceptors (Lipinski definition) is 2. The fourth-order valence-corrected chi connectivity index (χ4v) is 3.24. The Bertz CT molecular complexity index is 410. The van der Waals surface area contributed by atoms with E-state index in [2.05, 4.69) is 11.8 Å². The predicted molar refractivity (Wildman–Crippen MR) is 85.1 cm³/mol. The van der Waals surface area contributed by atoms with Gasteiger partial charge in [-0.25, -0.2) is 0 Å². The number of aliphatic hydroxyl groups excluding tert-OH is 1. The van der Waals surface area contributed by atoms with Gasteiger partial charge in [-0.1, -0.05) is 37.1 Å². The molecular weight excluding hydrogens is 270 g/mol. The van der Waals surface area contributed by atoms with E-state index in [9.17, 15) is 5.11 Å².